The number of hydrogen-bond acceptors (Lipinski definition) is 5. The Hall–Kier alpha value is -3.24. The van der Waals surface area contributed by atoms with Gasteiger partial charge in [-0.25, -0.2) is 8.42 Å². The van der Waals surface area contributed by atoms with Crippen LogP contribution in [0.2, 0.25) is 5.02 Å². The van der Waals surface area contributed by atoms with Gasteiger partial charge < -0.3 is 21.2 Å². The van der Waals surface area contributed by atoms with E-state index in [1.807, 2.05) is 0 Å². The van der Waals surface area contributed by atoms with E-state index in [2.05, 4.69) is 19.9 Å². The fraction of sp³-hybridized carbons (Fsp3) is 0.111. The summed E-state index contributed by atoms with van der Waals surface area (Å²) in [6.45, 7) is 1.74. The summed E-state index contributed by atoms with van der Waals surface area (Å²) in [4.78, 5) is 3.04. The van der Waals surface area contributed by atoms with E-state index in [9.17, 15) is 8.42 Å². The number of sulfonamides is 1. The molecular formula is C18H19ClN6O3S. The molecule has 29 heavy (non-hydrogen) atoms. The molecule has 0 saturated carbocycles. The van der Waals surface area contributed by atoms with Crippen LogP contribution in [-0.2, 0) is 10.0 Å². The number of nitrogens with two attached hydrogens (primary N) is 2. The van der Waals surface area contributed by atoms with Crippen molar-refractivity contribution in [1.82, 2.24) is 4.98 Å². The first-order valence-electron chi connectivity index (χ1n) is 8.32. The first-order chi connectivity index (χ1) is 13.7. The molecule has 152 valence electrons. The lowest BCUT2D eigenvalue weighted by Crippen LogP contribution is -2.22. The van der Waals surface area contributed by atoms with Gasteiger partial charge in [-0.15, -0.1) is 5.10 Å². The van der Waals surface area contributed by atoms with Gasteiger partial charge in [-0.1, -0.05) is 11.6 Å². The van der Waals surface area contributed by atoms with E-state index < -0.39 is 10.0 Å². The van der Waals surface area contributed by atoms with Crippen LogP contribution in [0.5, 0.6) is 5.75 Å². The van der Waals surface area contributed by atoms with Gasteiger partial charge in [0.2, 0.25) is 5.96 Å². The van der Waals surface area contributed by atoms with Crippen molar-refractivity contribution in [2.24, 2.45) is 21.7 Å². The van der Waals surface area contributed by atoms with Crippen molar-refractivity contribution in [2.75, 3.05) is 11.8 Å². The van der Waals surface area contributed by atoms with Crippen molar-refractivity contribution in [3.63, 3.8) is 0 Å². The molecule has 0 bridgehead atoms. The number of guanidine groups is 1. The number of rotatable bonds is 6. The van der Waals surface area contributed by atoms with E-state index in [0.29, 0.717) is 11.4 Å². The van der Waals surface area contributed by atoms with Crippen LogP contribution >= 0.6 is 11.6 Å². The molecule has 3 rings (SSSR count). The minimum Gasteiger partial charge on any atom is -0.495 e. The van der Waals surface area contributed by atoms with Crippen LogP contribution in [0, 0.1) is 0 Å². The smallest absolute Gasteiger partial charge is 0.265 e. The number of hydrogen-bond donors (Lipinski definition) is 4. The minimum atomic E-state index is -3.94. The quantitative estimate of drug-likeness (QED) is 0.267. The van der Waals surface area contributed by atoms with E-state index in [1.54, 1.807) is 37.4 Å². The number of benzene rings is 2. The second-order valence-corrected chi connectivity index (χ2v) is 8.16. The molecule has 0 fully saturated rings. The molecule has 0 aliphatic rings. The van der Waals surface area contributed by atoms with Crippen LogP contribution in [-0.4, -0.2) is 32.2 Å². The van der Waals surface area contributed by atoms with Gasteiger partial charge in [0.1, 0.15) is 10.6 Å². The second kappa shape index (κ2) is 8.02. The molecule has 6 N–H and O–H groups in total. The first-order valence-corrected chi connectivity index (χ1v) is 10.2. The van der Waals surface area contributed by atoms with Gasteiger partial charge >= 0.3 is 0 Å². The summed E-state index contributed by atoms with van der Waals surface area (Å²) >= 11 is 5.96. The number of halogens is 1. The normalized spacial score (nSPS) is 12.0. The Balaban J connectivity index is 2.01. The lowest BCUT2D eigenvalue weighted by Gasteiger charge is -2.12. The van der Waals surface area contributed by atoms with Gasteiger partial charge in [-0.3, -0.25) is 4.72 Å². The molecule has 0 atom stereocenters. The predicted octanol–water partition coefficient (Wildman–Crippen LogP) is 2.63. The SMILES string of the molecule is COc1ccc(Cl)cc1S(=O)(=O)Nc1ccc2[nH]cc(C(C)=NN=C(N)N)c2c1. The number of nitrogens with one attached hydrogen (secondary N) is 2. The van der Waals surface area contributed by atoms with Gasteiger partial charge in [0.05, 0.1) is 12.8 Å². The van der Waals surface area contributed by atoms with E-state index in [0.717, 1.165) is 16.5 Å². The zero-order chi connectivity index (χ0) is 21.2. The van der Waals surface area contributed by atoms with Gasteiger partial charge in [0.15, 0.2) is 0 Å². The number of nitrogens with zero attached hydrogens (tertiary/aromatic N) is 2. The molecular weight excluding hydrogens is 416 g/mol. The summed E-state index contributed by atoms with van der Waals surface area (Å²) in [6, 6.07) is 9.45. The average molecular weight is 435 g/mol. The van der Waals surface area contributed by atoms with Crippen molar-refractivity contribution in [3.05, 3.63) is 53.2 Å². The van der Waals surface area contributed by atoms with Crippen molar-refractivity contribution >= 4 is 49.9 Å². The third-order valence-electron chi connectivity index (χ3n) is 4.05. The lowest BCUT2D eigenvalue weighted by molar-refractivity contribution is 0.403. The Morgan fingerprint density at radius 3 is 2.62 bits per heavy atom. The summed E-state index contributed by atoms with van der Waals surface area (Å²) in [5.41, 5.74) is 13.0. The highest BCUT2D eigenvalue weighted by molar-refractivity contribution is 7.92. The number of ether oxygens (including phenoxy) is 1. The van der Waals surface area contributed by atoms with Crippen LogP contribution in [0.3, 0.4) is 0 Å². The second-order valence-electron chi connectivity index (χ2n) is 6.07. The lowest BCUT2D eigenvalue weighted by atomic mass is 10.1. The largest absolute Gasteiger partial charge is 0.495 e. The standard InChI is InChI=1S/C18H19ClN6O3S/c1-10(23-24-18(20)21)14-9-22-15-5-4-12(8-13(14)15)25-29(26,27)17-7-11(19)3-6-16(17)28-2/h3-9,22,25H,1-2H3,(H4,20,21,24). The number of fused-ring (bicyclic) bond motifs is 1. The zero-order valence-corrected chi connectivity index (χ0v) is 17.2. The number of aromatic nitrogens is 1. The van der Waals surface area contributed by atoms with Gasteiger partial charge in [0, 0.05) is 33.4 Å². The highest BCUT2D eigenvalue weighted by atomic mass is 35.5. The Labute approximate surface area is 172 Å². The maximum absolute atomic E-state index is 12.9. The maximum Gasteiger partial charge on any atom is 0.265 e. The molecule has 0 aliphatic heterocycles. The van der Waals surface area contributed by atoms with E-state index >= 15 is 0 Å². The summed E-state index contributed by atoms with van der Waals surface area (Å²) in [5.74, 6) is 0.0265. The molecule has 0 radical (unpaired) electrons. The molecule has 0 saturated heterocycles. The Kier molecular flexibility index (Phi) is 5.66. The minimum absolute atomic E-state index is 0.0626. The van der Waals surface area contributed by atoms with Crippen LogP contribution < -0.4 is 20.9 Å². The van der Waals surface area contributed by atoms with Crippen LogP contribution in [0.4, 0.5) is 5.69 Å². The van der Waals surface area contributed by atoms with Crippen molar-refractivity contribution in [3.8, 4) is 5.75 Å². The van der Waals surface area contributed by atoms with Gasteiger partial charge in [-0.05, 0) is 43.3 Å². The Morgan fingerprint density at radius 2 is 1.93 bits per heavy atom. The topological polar surface area (TPSA) is 148 Å². The molecule has 0 unspecified atom stereocenters. The summed E-state index contributed by atoms with van der Waals surface area (Å²) in [5, 5.41) is 8.63. The van der Waals surface area contributed by atoms with Gasteiger partial charge in [0.25, 0.3) is 10.0 Å². The van der Waals surface area contributed by atoms with Crippen LogP contribution in [0.15, 0.2) is 57.7 Å². The molecule has 11 heteroatoms. The van der Waals surface area contributed by atoms with Crippen LogP contribution in [0.1, 0.15) is 12.5 Å². The van der Waals surface area contributed by atoms with E-state index in [4.69, 9.17) is 27.8 Å². The molecule has 0 spiro atoms. The fourth-order valence-electron chi connectivity index (χ4n) is 2.74. The first kappa shape index (κ1) is 20.5. The van der Waals surface area contributed by atoms with E-state index in [-0.39, 0.29) is 21.6 Å². The summed E-state index contributed by atoms with van der Waals surface area (Å²) in [7, 11) is -2.55. The molecule has 0 amide bonds. The summed E-state index contributed by atoms with van der Waals surface area (Å²) in [6.07, 6.45) is 1.74. The number of anilines is 1. The Bertz CT molecular complexity index is 1230. The molecule has 0 aliphatic carbocycles. The number of aromatic amines is 1. The zero-order valence-electron chi connectivity index (χ0n) is 15.6. The molecule has 2 aromatic carbocycles. The van der Waals surface area contributed by atoms with Gasteiger partial charge in [-0.2, -0.15) is 5.10 Å². The fourth-order valence-corrected chi connectivity index (χ4v) is 4.22. The molecule has 1 heterocycles. The number of H-pyrrole nitrogens is 1. The van der Waals surface area contributed by atoms with Crippen molar-refractivity contribution in [2.45, 2.75) is 11.8 Å². The number of methoxy groups -OCH3 is 1. The predicted molar refractivity (Wildman–Crippen MR) is 115 cm³/mol. The monoisotopic (exact) mass is 434 g/mol. The molecule has 3 aromatic rings. The maximum atomic E-state index is 12.9. The van der Waals surface area contributed by atoms with Crippen molar-refractivity contribution in [1.29, 1.82) is 0 Å². The molecule has 9 nitrogen and oxygen atoms in total. The Morgan fingerprint density at radius 1 is 1.17 bits per heavy atom. The third-order valence-corrected chi connectivity index (χ3v) is 5.69. The third kappa shape index (κ3) is 4.44. The highest BCUT2D eigenvalue weighted by Crippen LogP contribution is 2.30. The van der Waals surface area contributed by atoms with Crippen LogP contribution in [0.25, 0.3) is 10.9 Å². The molecule has 1 aromatic heterocycles. The highest BCUT2D eigenvalue weighted by Gasteiger charge is 2.21. The van der Waals surface area contributed by atoms with E-state index in [1.165, 1.54) is 19.2 Å². The average Bonchev–Trinajstić information content (AvgIpc) is 3.09. The summed E-state index contributed by atoms with van der Waals surface area (Å²) < 4.78 is 33.4. The van der Waals surface area contributed by atoms with Crippen molar-refractivity contribution < 1.29 is 13.2 Å².